The first kappa shape index (κ1) is 26.6. The van der Waals surface area contributed by atoms with Gasteiger partial charge in [-0.3, -0.25) is 0 Å². The predicted octanol–water partition coefficient (Wildman–Crippen LogP) is 6.80. The number of nitrogens with zero attached hydrogens (tertiary/aromatic N) is 3. The van der Waals surface area contributed by atoms with Crippen molar-refractivity contribution in [1.82, 2.24) is 14.5 Å². The van der Waals surface area contributed by atoms with Gasteiger partial charge in [-0.05, 0) is 48.6 Å². The van der Waals surface area contributed by atoms with Gasteiger partial charge in [0, 0.05) is 25.5 Å². The van der Waals surface area contributed by atoms with E-state index in [0.29, 0.717) is 18.4 Å². The maximum Gasteiger partial charge on any atom is 0.222 e. The Labute approximate surface area is 188 Å². The van der Waals surface area contributed by atoms with Crippen LogP contribution >= 0.6 is 0 Å². The smallest absolute Gasteiger partial charge is 0.222 e. The number of methoxy groups -OCH3 is 2. The average Bonchev–Trinajstić information content (AvgIpc) is 3.13. The molecule has 0 aliphatic rings. The maximum atomic E-state index is 5.62. The molecule has 0 radical (unpaired) electrons. The molecule has 0 aliphatic carbocycles. The van der Waals surface area contributed by atoms with Gasteiger partial charge in [-0.1, -0.05) is 48.5 Å². The molecule has 3 aromatic heterocycles. The van der Waals surface area contributed by atoms with E-state index in [4.69, 9.17) is 19.4 Å². The number of hydrogen-bond donors (Lipinski definition) is 0. The molecule has 0 N–H and O–H groups in total. The lowest BCUT2D eigenvalue weighted by Gasteiger charge is -2.14. The summed E-state index contributed by atoms with van der Waals surface area (Å²) < 4.78 is 13.1. The van der Waals surface area contributed by atoms with Gasteiger partial charge in [0.15, 0.2) is 0 Å². The topological polar surface area (TPSA) is 49.2 Å². The fraction of sp³-hybridized carbons (Fsp3) is 0.538. The Morgan fingerprint density at radius 3 is 2.26 bits per heavy atom. The van der Waals surface area contributed by atoms with Crippen molar-refractivity contribution in [2.24, 2.45) is 0 Å². The standard InChI is InChI=1S/C22H29N3O2.2C2H6/c1-7-16-12-19-20(15(4)13-25(19)10-11-26-5)24-21(16)17-8-9-18(14(2)3)23-22(17)27-6;2*1-2/h8-9,12-14H,7,10-11H2,1-6H3;2*1-2H3. The van der Waals surface area contributed by atoms with Crippen LogP contribution in [0.4, 0.5) is 0 Å². The van der Waals surface area contributed by atoms with Crippen molar-refractivity contribution < 1.29 is 9.47 Å². The largest absolute Gasteiger partial charge is 0.480 e. The normalized spacial score (nSPS) is 10.4. The molecule has 3 rings (SSSR count). The molecule has 0 unspecified atom stereocenters. The van der Waals surface area contributed by atoms with Gasteiger partial charge < -0.3 is 14.0 Å². The van der Waals surface area contributed by atoms with Gasteiger partial charge in [0.25, 0.3) is 0 Å². The molecule has 0 bridgehead atoms. The number of fused-ring (bicyclic) bond motifs is 1. The van der Waals surface area contributed by atoms with Crippen molar-refractivity contribution in [3.63, 3.8) is 0 Å². The van der Waals surface area contributed by atoms with E-state index in [0.717, 1.165) is 46.5 Å². The summed E-state index contributed by atoms with van der Waals surface area (Å²) in [5.74, 6) is 0.991. The zero-order valence-electron chi connectivity index (χ0n) is 21.2. The summed E-state index contributed by atoms with van der Waals surface area (Å²) in [6, 6.07) is 6.41. The monoisotopic (exact) mass is 427 g/mol. The average molecular weight is 428 g/mol. The maximum absolute atomic E-state index is 5.62. The van der Waals surface area contributed by atoms with Gasteiger partial charge in [-0.25, -0.2) is 9.97 Å². The quantitative estimate of drug-likeness (QED) is 0.416. The van der Waals surface area contributed by atoms with Crippen LogP contribution in [0, 0.1) is 6.92 Å². The van der Waals surface area contributed by atoms with Gasteiger partial charge in [-0.15, -0.1) is 0 Å². The van der Waals surface area contributed by atoms with Crippen LogP contribution in [0.5, 0.6) is 5.88 Å². The van der Waals surface area contributed by atoms with Gasteiger partial charge >= 0.3 is 0 Å². The molecule has 3 heterocycles. The summed E-state index contributed by atoms with van der Waals surface area (Å²) >= 11 is 0. The Balaban J connectivity index is 0.00000113. The van der Waals surface area contributed by atoms with E-state index < -0.39 is 0 Å². The fourth-order valence-electron chi connectivity index (χ4n) is 3.41. The molecule has 172 valence electrons. The van der Waals surface area contributed by atoms with E-state index in [1.807, 2.05) is 27.7 Å². The van der Waals surface area contributed by atoms with Gasteiger partial charge in [0.05, 0.1) is 36.0 Å². The van der Waals surface area contributed by atoms with Crippen molar-refractivity contribution in [3.8, 4) is 17.1 Å². The van der Waals surface area contributed by atoms with Crippen LogP contribution in [0.25, 0.3) is 22.3 Å². The minimum absolute atomic E-state index is 0.353. The third-order valence-corrected chi connectivity index (χ3v) is 4.95. The number of rotatable bonds is 7. The Bertz CT molecular complexity index is 945. The van der Waals surface area contributed by atoms with E-state index in [2.05, 4.69) is 56.7 Å². The Kier molecular flexibility index (Phi) is 11.3. The van der Waals surface area contributed by atoms with Crippen LogP contribution < -0.4 is 4.74 Å². The molecule has 0 aromatic carbocycles. The molecule has 31 heavy (non-hydrogen) atoms. The Morgan fingerprint density at radius 2 is 1.71 bits per heavy atom. The molecule has 3 aromatic rings. The molecule has 0 saturated carbocycles. The van der Waals surface area contributed by atoms with Crippen molar-refractivity contribution in [2.45, 2.75) is 74.3 Å². The van der Waals surface area contributed by atoms with E-state index in [9.17, 15) is 0 Å². The molecule has 0 aliphatic heterocycles. The zero-order valence-corrected chi connectivity index (χ0v) is 21.2. The molecule has 0 fully saturated rings. The highest BCUT2D eigenvalue weighted by atomic mass is 16.5. The second-order valence-corrected chi connectivity index (χ2v) is 7.16. The minimum Gasteiger partial charge on any atom is -0.480 e. The van der Waals surface area contributed by atoms with Crippen molar-refractivity contribution in [2.75, 3.05) is 20.8 Å². The predicted molar refractivity (Wildman–Crippen MR) is 132 cm³/mol. The first-order valence-corrected chi connectivity index (χ1v) is 11.5. The van der Waals surface area contributed by atoms with E-state index in [-0.39, 0.29) is 0 Å². The summed E-state index contributed by atoms with van der Waals surface area (Å²) in [6.45, 7) is 18.0. The number of pyridine rings is 2. The van der Waals surface area contributed by atoms with Crippen LogP contribution in [0.3, 0.4) is 0 Å². The molecule has 0 saturated heterocycles. The lowest BCUT2D eigenvalue weighted by atomic mass is 10.0. The molecule has 5 heteroatoms. The third kappa shape index (κ3) is 6.07. The van der Waals surface area contributed by atoms with Crippen molar-refractivity contribution in [1.29, 1.82) is 0 Å². The minimum atomic E-state index is 0.353. The summed E-state index contributed by atoms with van der Waals surface area (Å²) in [5.41, 5.74) is 7.45. The summed E-state index contributed by atoms with van der Waals surface area (Å²) in [4.78, 5) is 9.75. The van der Waals surface area contributed by atoms with E-state index >= 15 is 0 Å². The Morgan fingerprint density at radius 1 is 1.03 bits per heavy atom. The third-order valence-electron chi connectivity index (χ3n) is 4.95. The van der Waals surface area contributed by atoms with Crippen LogP contribution in [0.15, 0.2) is 24.4 Å². The highest BCUT2D eigenvalue weighted by molar-refractivity contribution is 5.85. The molecule has 0 spiro atoms. The lowest BCUT2D eigenvalue weighted by Crippen LogP contribution is -2.04. The SMILES string of the molecule is CC.CC.CCc1cc2c(nc1-c1ccc(C(C)C)nc1OC)c(C)cn2CCOC. The Hall–Kier alpha value is -2.40. The van der Waals surface area contributed by atoms with Gasteiger partial charge in [0.1, 0.15) is 0 Å². The van der Waals surface area contributed by atoms with Crippen molar-refractivity contribution >= 4 is 11.0 Å². The van der Waals surface area contributed by atoms with E-state index in [1.54, 1.807) is 14.2 Å². The molecular formula is C26H41N3O2. The first-order valence-electron chi connectivity index (χ1n) is 11.5. The van der Waals surface area contributed by atoms with Gasteiger partial charge in [-0.2, -0.15) is 0 Å². The van der Waals surface area contributed by atoms with Crippen LogP contribution in [0.2, 0.25) is 0 Å². The second kappa shape index (κ2) is 13.1. The first-order chi connectivity index (χ1) is 15.0. The fourth-order valence-corrected chi connectivity index (χ4v) is 3.41. The molecule has 0 atom stereocenters. The number of hydrogen-bond acceptors (Lipinski definition) is 4. The van der Waals surface area contributed by atoms with Crippen LogP contribution in [-0.4, -0.2) is 35.4 Å². The number of ether oxygens (including phenoxy) is 2. The van der Waals surface area contributed by atoms with Crippen molar-refractivity contribution in [3.05, 3.63) is 41.2 Å². The van der Waals surface area contributed by atoms with Crippen LogP contribution in [-0.2, 0) is 17.7 Å². The molecular weight excluding hydrogens is 386 g/mol. The highest BCUT2D eigenvalue weighted by Crippen LogP contribution is 2.34. The molecule has 0 amide bonds. The summed E-state index contributed by atoms with van der Waals surface area (Å²) in [7, 11) is 3.40. The van der Waals surface area contributed by atoms with E-state index in [1.165, 1.54) is 5.56 Å². The zero-order chi connectivity index (χ0) is 23.6. The molecule has 5 nitrogen and oxygen atoms in total. The van der Waals surface area contributed by atoms with Gasteiger partial charge in [0.2, 0.25) is 5.88 Å². The highest BCUT2D eigenvalue weighted by Gasteiger charge is 2.18. The summed E-state index contributed by atoms with van der Waals surface area (Å²) in [6.07, 6.45) is 3.04. The number of aromatic nitrogens is 3. The second-order valence-electron chi connectivity index (χ2n) is 7.16. The lowest BCUT2D eigenvalue weighted by molar-refractivity contribution is 0.188. The number of aryl methyl sites for hydroxylation is 2. The summed E-state index contributed by atoms with van der Waals surface area (Å²) in [5, 5.41) is 0. The van der Waals surface area contributed by atoms with Crippen LogP contribution in [0.1, 0.15) is 71.2 Å².